The Balaban J connectivity index is 1.53. The number of hydrogen-bond donors (Lipinski definition) is 2. The largest absolute Gasteiger partial charge is 0.478 e. The van der Waals surface area contributed by atoms with Crippen LogP contribution in [0.2, 0.25) is 0 Å². The van der Waals surface area contributed by atoms with E-state index in [0.29, 0.717) is 19.0 Å². The van der Waals surface area contributed by atoms with E-state index < -0.39 is 0 Å². The van der Waals surface area contributed by atoms with Gasteiger partial charge in [-0.15, -0.1) is 0 Å². The monoisotopic (exact) mass is 395 g/mol. The van der Waals surface area contributed by atoms with Crippen molar-refractivity contribution in [2.75, 3.05) is 31.6 Å². The number of nitrogens with one attached hydrogen (secondary N) is 2. The minimum absolute atomic E-state index is 0.159. The number of rotatable bonds is 8. The van der Waals surface area contributed by atoms with E-state index >= 15 is 0 Å². The maximum Gasteiger partial charge on any atom is 0.213 e. The Morgan fingerprint density at radius 3 is 2.76 bits per heavy atom. The van der Waals surface area contributed by atoms with Gasteiger partial charge in [0.15, 0.2) is 5.96 Å². The van der Waals surface area contributed by atoms with Crippen LogP contribution in [0.1, 0.15) is 50.3 Å². The number of hydrogen-bond acceptors (Lipinski definition) is 4. The van der Waals surface area contributed by atoms with E-state index in [-0.39, 0.29) is 6.04 Å². The Kier molecular flexibility index (Phi) is 7.73. The second-order valence-electron chi connectivity index (χ2n) is 7.43. The molecule has 3 rings (SSSR count). The predicted molar refractivity (Wildman–Crippen MR) is 120 cm³/mol. The van der Waals surface area contributed by atoms with E-state index in [1.54, 1.807) is 7.05 Å². The minimum Gasteiger partial charge on any atom is -0.478 e. The molecule has 2 N–H and O–H groups in total. The molecule has 6 heteroatoms. The molecule has 1 aromatic carbocycles. The maximum absolute atomic E-state index is 5.53. The van der Waals surface area contributed by atoms with Crippen LogP contribution in [-0.2, 0) is 6.54 Å². The average molecular weight is 396 g/mol. The molecule has 0 bridgehead atoms. The lowest BCUT2D eigenvalue weighted by molar-refractivity contribution is 0.305. The molecule has 2 aromatic rings. The summed E-state index contributed by atoms with van der Waals surface area (Å²) in [5.41, 5.74) is 3.66. The summed E-state index contributed by atoms with van der Waals surface area (Å²) < 4.78 is 5.53. The second kappa shape index (κ2) is 10.7. The molecule has 0 aliphatic carbocycles. The van der Waals surface area contributed by atoms with Crippen molar-refractivity contribution in [3.63, 3.8) is 0 Å². The van der Waals surface area contributed by atoms with Crippen molar-refractivity contribution < 1.29 is 4.74 Å². The molecule has 0 spiro atoms. The van der Waals surface area contributed by atoms with Gasteiger partial charge in [-0.3, -0.25) is 4.99 Å². The number of pyridine rings is 1. The van der Waals surface area contributed by atoms with Gasteiger partial charge in [-0.25, -0.2) is 4.98 Å². The van der Waals surface area contributed by atoms with Crippen LogP contribution in [0.25, 0.3) is 0 Å². The van der Waals surface area contributed by atoms with Crippen LogP contribution in [0.4, 0.5) is 5.69 Å². The number of guanidine groups is 1. The lowest BCUT2D eigenvalue weighted by Gasteiger charge is -2.22. The molecule has 29 heavy (non-hydrogen) atoms. The molecule has 1 fully saturated rings. The molecular weight excluding hydrogens is 362 g/mol. The Morgan fingerprint density at radius 1 is 1.24 bits per heavy atom. The number of benzene rings is 1. The summed E-state index contributed by atoms with van der Waals surface area (Å²) in [5, 5.41) is 6.85. The number of ether oxygens (including phenoxy) is 1. The minimum atomic E-state index is 0.159. The molecule has 156 valence electrons. The molecule has 1 aromatic heterocycles. The molecule has 1 saturated heterocycles. The van der Waals surface area contributed by atoms with Gasteiger partial charge in [0.05, 0.1) is 12.6 Å². The van der Waals surface area contributed by atoms with Gasteiger partial charge in [-0.05, 0) is 49.4 Å². The zero-order chi connectivity index (χ0) is 20.5. The Labute approximate surface area is 174 Å². The van der Waals surface area contributed by atoms with Gasteiger partial charge in [0.2, 0.25) is 5.88 Å². The summed E-state index contributed by atoms with van der Waals surface area (Å²) in [6, 6.07) is 12.9. The lowest BCUT2D eigenvalue weighted by Crippen LogP contribution is -2.38. The van der Waals surface area contributed by atoms with Gasteiger partial charge in [-0.2, -0.15) is 0 Å². The van der Waals surface area contributed by atoms with Crippen LogP contribution >= 0.6 is 0 Å². The molecule has 1 aliphatic heterocycles. The van der Waals surface area contributed by atoms with Gasteiger partial charge < -0.3 is 20.3 Å². The highest BCUT2D eigenvalue weighted by Crippen LogP contribution is 2.23. The predicted octanol–water partition coefficient (Wildman–Crippen LogP) is 3.90. The fourth-order valence-electron chi connectivity index (χ4n) is 3.44. The standard InChI is InChI=1S/C23H33N5O/c1-4-14-29-22-11-10-19(16-25-22)17-26-23(24-3)27-18(2)20-8-7-9-21(15-20)28-12-5-6-13-28/h7-11,15-16,18H,4-6,12-14,17H2,1-3H3,(H2,24,26,27). The summed E-state index contributed by atoms with van der Waals surface area (Å²) in [6.45, 7) is 7.91. The average Bonchev–Trinajstić information content (AvgIpc) is 3.31. The van der Waals surface area contributed by atoms with Crippen molar-refractivity contribution in [2.24, 2.45) is 4.99 Å². The molecule has 0 radical (unpaired) electrons. The molecule has 0 amide bonds. The normalized spacial score (nSPS) is 15.3. The summed E-state index contributed by atoms with van der Waals surface area (Å²) in [4.78, 5) is 11.2. The third-order valence-electron chi connectivity index (χ3n) is 5.13. The van der Waals surface area contributed by atoms with Crippen molar-refractivity contribution in [3.8, 4) is 5.88 Å². The van der Waals surface area contributed by atoms with E-state index in [1.165, 1.54) is 24.1 Å². The van der Waals surface area contributed by atoms with Gasteiger partial charge in [0.1, 0.15) is 0 Å². The van der Waals surface area contributed by atoms with Gasteiger partial charge in [-0.1, -0.05) is 25.1 Å². The Bertz CT molecular complexity index is 784. The molecule has 1 atom stereocenters. The molecule has 1 aliphatic rings. The Hall–Kier alpha value is -2.76. The Morgan fingerprint density at radius 2 is 2.07 bits per heavy atom. The van der Waals surface area contributed by atoms with Crippen LogP contribution in [-0.4, -0.2) is 37.7 Å². The van der Waals surface area contributed by atoms with Gasteiger partial charge in [0, 0.05) is 44.6 Å². The quantitative estimate of drug-likeness (QED) is 0.524. The topological polar surface area (TPSA) is 61.8 Å². The molecule has 6 nitrogen and oxygen atoms in total. The zero-order valence-corrected chi connectivity index (χ0v) is 17.8. The van der Waals surface area contributed by atoms with Gasteiger partial charge in [0.25, 0.3) is 0 Å². The summed E-state index contributed by atoms with van der Waals surface area (Å²) in [7, 11) is 1.79. The second-order valence-corrected chi connectivity index (χ2v) is 7.43. The van der Waals surface area contributed by atoms with E-state index in [1.807, 2.05) is 18.3 Å². The fourth-order valence-corrected chi connectivity index (χ4v) is 3.44. The molecular formula is C23H33N5O. The van der Waals surface area contributed by atoms with E-state index in [9.17, 15) is 0 Å². The third-order valence-corrected chi connectivity index (χ3v) is 5.13. The number of aliphatic imine (C=N–C) groups is 1. The molecule has 0 saturated carbocycles. The van der Waals surface area contributed by atoms with Crippen molar-refractivity contribution >= 4 is 11.6 Å². The van der Waals surface area contributed by atoms with Crippen LogP contribution in [0.15, 0.2) is 47.6 Å². The highest BCUT2D eigenvalue weighted by Gasteiger charge is 2.14. The smallest absolute Gasteiger partial charge is 0.213 e. The van der Waals surface area contributed by atoms with Crippen molar-refractivity contribution in [2.45, 2.75) is 45.7 Å². The lowest BCUT2D eigenvalue weighted by atomic mass is 10.1. The first-order valence-corrected chi connectivity index (χ1v) is 10.6. The third kappa shape index (κ3) is 6.11. The molecule has 1 unspecified atom stereocenters. The van der Waals surface area contributed by atoms with E-state index in [2.05, 4.69) is 63.6 Å². The first-order chi connectivity index (χ1) is 14.2. The first-order valence-electron chi connectivity index (χ1n) is 10.6. The highest BCUT2D eigenvalue weighted by atomic mass is 16.5. The van der Waals surface area contributed by atoms with Crippen LogP contribution in [0.5, 0.6) is 5.88 Å². The zero-order valence-electron chi connectivity index (χ0n) is 17.8. The summed E-state index contributed by atoms with van der Waals surface area (Å²) in [6.07, 6.45) is 5.39. The molecule has 2 heterocycles. The van der Waals surface area contributed by atoms with Crippen LogP contribution in [0.3, 0.4) is 0 Å². The summed E-state index contributed by atoms with van der Waals surface area (Å²) in [5.74, 6) is 1.44. The van der Waals surface area contributed by atoms with Crippen molar-refractivity contribution in [1.82, 2.24) is 15.6 Å². The van der Waals surface area contributed by atoms with Crippen LogP contribution < -0.4 is 20.3 Å². The van der Waals surface area contributed by atoms with Crippen molar-refractivity contribution in [1.29, 1.82) is 0 Å². The van der Waals surface area contributed by atoms with Gasteiger partial charge >= 0.3 is 0 Å². The number of anilines is 1. The maximum atomic E-state index is 5.53. The number of aromatic nitrogens is 1. The van der Waals surface area contributed by atoms with E-state index in [0.717, 1.165) is 31.0 Å². The van der Waals surface area contributed by atoms with Crippen molar-refractivity contribution in [3.05, 3.63) is 53.7 Å². The summed E-state index contributed by atoms with van der Waals surface area (Å²) >= 11 is 0. The number of nitrogens with zero attached hydrogens (tertiary/aromatic N) is 3. The first kappa shape index (κ1) is 21.0. The highest BCUT2D eigenvalue weighted by molar-refractivity contribution is 5.80. The van der Waals surface area contributed by atoms with Crippen LogP contribution in [0, 0.1) is 0 Å². The SMILES string of the molecule is CCCOc1ccc(CNC(=NC)NC(C)c2cccc(N3CCCC3)c2)cn1. The van der Waals surface area contributed by atoms with E-state index in [4.69, 9.17) is 4.74 Å². The fraction of sp³-hybridized carbons (Fsp3) is 0.478.